The highest BCUT2D eigenvalue weighted by Crippen LogP contribution is 2.37. The van der Waals surface area contributed by atoms with Crippen LogP contribution in [0.2, 0.25) is 0 Å². The highest BCUT2D eigenvalue weighted by molar-refractivity contribution is 5.81. The van der Waals surface area contributed by atoms with Gasteiger partial charge in [-0.05, 0) is 27.2 Å². The van der Waals surface area contributed by atoms with Crippen molar-refractivity contribution in [1.82, 2.24) is 4.90 Å². The van der Waals surface area contributed by atoms with E-state index < -0.39 is 48.8 Å². The van der Waals surface area contributed by atoms with Crippen molar-refractivity contribution in [2.75, 3.05) is 6.54 Å². The van der Waals surface area contributed by atoms with Crippen LogP contribution < -0.4 is 0 Å². The number of hydrogen-bond donors (Lipinski definition) is 1. The highest BCUT2D eigenvalue weighted by Gasteiger charge is 2.51. The number of amides is 1. The summed E-state index contributed by atoms with van der Waals surface area (Å²) in [5.41, 5.74) is -0.892. The molecule has 1 rings (SSSR count). The molecule has 0 aliphatic carbocycles. The third-order valence-corrected chi connectivity index (χ3v) is 2.68. The van der Waals surface area contributed by atoms with E-state index >= 15 is 0 Å². The molecule has 5 nitrogen and oxygen atoms in total. The van der Waals surface area contributed by atoms with E-state index in [0.717, 1.165) is 0 Å². The number of alkyl halides is 3. The van der Waals surface area contributed by atoms with Gasteiger partial charge in [-0.2, -0.15) is 13.2 Å². The predicted octanol–water partition coefficient (Wildman–Crippen LogP) is 2.26. The lowest BCUT2D eigenvalue weighted by Gasteiger charge is -2.26. The Bertz CT molecular complexity index is 375. The first-order chi connectivity index (χ1) is 8.42. The fraction of sp³-hybridized carbons (Fsp3) is 0.818. The van der Waals surface area contributed by atoms with Crippen LogP contribution in [0.1, 0.15) is 27.2 Å². The first-order valence-corrected chi connectivity index (χ1v) is 5.71. The van der Waals surface area contributed by atoms with Crippen LogP contribution in [0.5, 0.6) is 0 Å². The van der Waals surface area contributed by atoms with Gasteiger partial charge in [0.1, 0.15) is 11.6 Å². The van der Waals surface area contributed by atoms with E-state index in [0.29, 0.717) is 4.90 Å². The SMILES string of the molecule is CC(C)(C)OC(=O)N1CC(C(F)(F)F)C[C@H]1C(=O)O. The van der Waals surface area contributed by atoms with E-state index in [2.05, 4.69) is 0 Å². The molecule has 0 aromatic carbocycles. The molecule has 1 fully saturated rings. The number of carbonyl (C=O) groups is 2. The van der Waals surface area contributed by atoms with Gasteiger partial charge in [0.05, 0.1) is 5.92 Å². The van der Waals surface area contributed by atoms with Crippen LogP contribution in [0.3, 0.4) is 0 Å². The van der Waals surface area contributed by atoms with Crippen molar-refractivity contribution in [3.63, 3.8) is 0 Å². The Balaban J connectivity index is 2.86. The molecule has 0 spiro atoms. The van der Waals surface area contributed by atoms with E-state index in [1.807, 2.05) is 0 Å². The van der Waals surface area contributed by atoms with Gasteiger partial charge in [0.25, 0.3) is 0 Å². The number of halogens is 3. The maximum absolute atomic E-state index is 12.6. The monoisotopic (exact) mass is 283 g/mol. The molecule has 1 saturated heterocycles. The minimum Gasteiger partial charge on any atom is -0.480 e. The van der Waals surface area contributed by atoms with Crippen molar-refractivity contribution >= 4 is 12.1 Å². The first kappa shape index (κ1) is 15.6. The normalized spacial score (nSPS) is 24.4. The molecule has 1 aliphatic heterocycles. The molecule has 2 atom stereocenters. The molecule has 8 heteroatoms. The molecule has 1 aliphatic rings. The number of hydrogen-bond acceptors (Lipinski definition) is 3. The van der Waals surface area contributed by atoms with Gasteiger partial charge in [-0.3, -0.25) is 4.90 Å². The molecule has 110 valence electrons. The maximum atomic E-state index is 12.6. The summed E-state index contributed by atoms with van der Waals surface area (Å²) in [6.45, 7) is 3.98. The van der Waals surface area contributed by atoms with Gasteiger partial charge in [-0.1, -0.05) is 0 Å². The summed E-state index contributed by atoms with van der Waals surface area (Å²) in [4.78, 5) is 23.3. The molecule has 19 heavy (non-hydrogen) atoms. The predicted molar refractivity (Wildman–Crippen MR) is 58.5 cm³/mol. The number of rotatable bonds is 1. The van der Waals surface area contributed by atoms with Crippen molar-refractivity contribution in [1.29, 1.82) is 0 Å². The van der Waals surface area contributed by atoms with Gasteiger partial charge < -0.3 is 9.84 Å². The van der Waals surface area contributed by atoms with E-state index in [-0.39, 0.29) is 0 Å². The average molecular weight is 283 g/mol. The van der Waals surface area contributed by atoms with E-state index in [1.54, 1.807) is 20.8 Å². The zero-order valence-corrected chi connectivity index (χ0v) is 10.8. The quantitative estimate of drug-likeness (QED) is 0.801. The van der Waals surface area contributed by atoms with Gasteiger partial charge >= 0.3 is 18.2 Å². The lowest BCUT2D eigenvalue weighted by atomic mass is 10.1. The number of carboxylic acids is 1. The van der Waals surface area contributed by atoms with E-state index in [9.17, 15) is 22.8 Å². The van der Waals surface area contributed by atoms with Crippen molar-refractivity contribution in [3.05, 3.63) is 0 Å². The van der Waals surface area contributed by atoms with Crippen molar-refractivity contribution in [2.45, 2.75) is 45.0 Å². The van der Waals surface area contributed by atoms with Crippen LogP contribution >= 0.6 is 0 Å². The van der Waals surface area contributed by atoms with Gasteiger partial charge in [0, 0.05) is 6.54 Å². The van der Waals surface area contributed by atoms with Crippen LogP contribution in [-0.2, 0) is 9.53 Å². The summed E-state index contributed by atoms with van der Waals surface area (Å²) in [5, 5.41) is 8.90. The van der Waals surface area contributed by atoms with Crippen LogP contribution in [0.25, 0.3) is 0 Å². The number of likely N-dealkylation sites (tertiary alicyclic amines) is 1. The van der Waals surface area contributed by atoms with Crippen LogP contribution in [0, 0.1) is 5.92 Å². The zero-order chi connectivity index (χ0) is 15.0. The van der Waals surface area contributed by atoms with Gasteiger partial charge in [0.2, 0.25) is 0 Å². The molecule has 1 N–H and O–H groups in total. The van der Waals surface area contributed by atoms with Gasteiger partial charge in [-0.25, -0.2) is 9.59 Å². The van der Waals surface area contributed by atoms with Crippen molar-refractivity contribution in [2.24, 2.45) is 5.92 Å². The third-order valence-electron chi connectivity index (χ3n) is 2.68. The Kier molecular flexibility index (Phi) is 4.02. The smallest absolute Gasteiger partial charge is 0.411 e. The number of nitrogens with zero attached hydrogens (tertiary/aromatic N) is 1. The summed E-state index contributed by atoms with van der Waals surface area (Å²) >= 11 is 0. The number of aliphatic carboxylic acids is 1. The summed E-state index contributed by atoms with van der Waals surface area (Å²) in [6, 6.07) is -1.50. The fourth-order valence-corrected chi connectivity index (χ4v) is 1.83. The Labute approximate surface area is 108 Å². The molecule has 0 saturated carbocycles. The molecular formula is C11H16F3NO4. The van der Waals surface area contributed by atoms with Crippen LogP contribution in [0.15, 0.2) is 0 Å². The minimum absolute atomic E-state index is 0.631. The largest absolute Gasteiger partial charge is 0.480 e. The molecule has 1 heterocycles. The topological polar surface area (TPSA) is 66.8 Å². The Morgan fingerprint density at radius 2 is 1.79 bits per heavy atom. The number of carbonyl (C=O) groups excluding carboxylic acids is 1. The third kappa shape index (κ3) is 4.00. The standard InChI is InChI=1S/C11H16F3NO4/c1-10(2,3)19-9(18)15-5-6(11(12,13)14)4-7(15)8(16)17/h6-7H,4-5H2,1-3H3,(H,16,17)/t6?,7-/m0/s1. The van der Waals surface area contributed by atoms with E-state index in [1.165, 1.54) is 0 Å². The second-order valence-corrected chi connectivity index (χ2v) is 5.46. The number of carboxylic acid groups (broad SMARTS) is 1. The second kappa shape index (κ2) is 4.90. The van der Waals surface area contributed by atoms with Crippen LogP contribution in [0.4, 0.5) is 18.0 Å². The summed E-state index contributed by atoms with van der Waals surface area (Å²) in [7, 11) is 0. The lowest BCUT2D eigenvalue weighted by Crippen LogP contribution is -2.43. The van der Waals surface area contributed by atoms with E-state index in [4.69, 9.17) is 9.84 Å². The average Bonchev–Trinajstić information content (AvgIpc) is 2.57. The summed E-state index contributed by atoms with van der Waals surface area (Å²) in [5.74, 6) is -3.29. The zero-order valence-electron chi connectivity index (χ0n) is 10.8. The summed E-state index contributed by atoms with van der Waals surface area (Å²) in [6.07, 6.45) is -6.20. The molecule has 1 amide bonds. The maximum Gasteiger partial charge on any atom is 0.411 e. The fourth-order valence-electron chi connectivity index (χ4n) is 1.83. The van der Waals surface area contributed by atoms with Gasteiger partial charge in [0.15, 0.2) is 0 Å². The highest BCUT2D eigenvalue weighted by atomic mass is 19.4. The molecule has 0 aromatic rings. The molecule has 0 aromatic heterocycles. The van der Waals surface area contributed by atoms with Crippen molar-refractivity contribution in [3.8, 4) is 0 Å². The lowest BCUT2D eigenvalue weighted by molar-refractivity contribution is -0.170. The summed E-state index contributed by atoms with van der Waals surface area (Å²) < 4.78 is 42.7. The van der Waals surface area contributed by atoms with Crippen molar-refractivity contribution < 1.29 is 32.6 Å². The first-order valence-electron chi connectivity index (χ1n) is 5.71. The molecule has 0 bridgehead atoms. The van der Waals surface area contributed by atoms with Crippen LogP contribution in [-0.4, -0.2) is 46.4 Å². The minimum atomic E-state index is -4.52. The molecule has 1 unspecified atom stereocenters. The number of ether oxygens (including phenoxy) is 1. The Morgan fingerprint density at radius 1 is 1.26 bits per heavy atom. The Hall–Kier alpha value is -1.47. The Morgan fingerprint density at radius 3 is 2.16 bits per heavy atom. The molecular weight excluding hydrogens is 267 g/mol. The van der Waals surface area contributed by atoms with Gasteiger partial charge in [-0.15, -0.1) is 0 Å². The second-order valence-electron chi connectivity index (χ2n) is 5.46. The molecule has 0 radical (unpaired) electrons.